The molecule has 3 rings (SSSR count). The second-order valence-corrected chi connectivity index (χ2v) is 5.35. The van der Waals surface area contributed by atoms with Crippen molar-refractivity contribution in [2.75, 3.05) is 25.0 Å². The van der Waals surface area contributed by atoms with Gasteiger partial charge in [-0.15, -0.1) is 0 Å². The largest absolute Gasteiger partial charge is 0.352 e. The molecule has 0 aliphatic carbocycles. The number of nitrogens with zero attached hydrogens (tertiary/aromatic N) is 3. The molecule has 1 unspecified atom stereocenters. The average molecular weight is 290 g/mol. The Morgan fingerprint density at radius 3 is 3.00 bits per heavy atom. The standard InChI is InChI=1S/C15H19FN4O/c1-3-19-7-5-13(21)11-8-12(16)15(18-14(11)19)20-6-4-10(9-20)17-2/h5,7-8,10,17H,3-4,6,9H2,1-2H3. The molecule has 0 aromatic carbocycles. The van der Waals surface area contributed by atoms with E-state index in [4.69, 9.17) is 0 Å². The first kappa shape index (κ1) is 14.0. The molecule has 3 heterocycles. The Morgan fingerprint density at radius 2 is 2.33 bits per heavy atom. The van der Waals surface area contributed by atoms with Crippen LogP contribution in [0.2, 0.25) is 0 Å². The molecule has 1 saturated heterocycles. The van der Waals surface area contributed by atoms with E-state index in [0.717, 1.165) is 19.5 Å². The van der Waals surface area contributed by atoms with E-state index in [9.17, 15) is 9.18 Å². The fraction of sp³-hybridized carbons (Fsp3) is 0.467. The first-order chi connectivity index (χ1) is 10.1. The van der Waals surface area contributed by atoms with Gasteiger partial charge in [-0.3, -0.25) is 4.79 Å². The first-order valence-electron chi connectivity index (χ1n) is 7.26. The third-order valence-corrected chi connectivity index (χ3v) is 4.12. The minimum absolute atomic E-state index is 0.192. The molecular formula is C15H19FN4O. The number of rotatable bonds is 3. The summed E-state index contributed by atoms with van der Waals surface area (Å²) in [5.41, 5.74) is 0.358. The summed E-state index contributed by atoms with van der Waals surface area (Å²) < 4.78 is 16.2. The van der Waals surface area contributed by atoms with Crippen molar-refractivity contribution in [2.24, 2.45) is 0 Å². The van der Waals surface area contributed by atoms with Gasteiger partial charge in [0.1, 0.15) is 5.65 Å². The number of halogens is 1. The molecule has 1 atom stereocenters. The Labute approximate surface area is 122 Å². The maximum Gasteiger partial charge on any atom is 0.191 e. The fourth-order valence-electron chi connectivity index (χ4n) is 2.85. The highest BCUT2D eigenvalue weighted by molar-refractivity contribution is 5.77. The second kappa shape index (κ2) is 5.44. The van der Waals surface area contributed by atoms with Gasteiger partial charge in [-0.1, -0.05) is 0 Å². The summed E-state index contributed by atoms with van der Waals surface area (Å²) in [7, 11) is 1.91. The van der Waals surface area contributed by atoms with Crippen molar-refractivity contribution in [2.45, 2.75) is 25.9 Å². The molecule has 0 saturated carbocycles. The normalized spacial score (nSPS) is 18.6. The number of aromatic nitrogens is 2. The van der Waals surface area contributed by atoms with Crippen molar-refractivity contribution in [1.82, 2.24) is 14.9 Å². The van der Waals surface area contributed by atoms with E-state index in [1.165, 1.54) is 12.1 Å². The molecule has 5 nitrogen and oxygen atoms in total. The highest BCUT2D eigenvalue weighted by Gasteiger charge is 2.25. The van der Waals surface area contributed by atoms with E-state index in [1.807, 2.05) is 23.4 Å². The zero-order chi connectivity index (χ0) is 15.0. The van der Waals surface area contributed by atoms with Gasteiger partial charge in [-0.05, 0) is 26.5 Å². The number of hydrogen-bond acceptors (Lipinski definition) is 4. The Balaban J connectivity index is 2.12. The third-order valence-electron chi connectivity index (χ3n) is 4.12. The quantitative estimate of drug-likeness (QED) is 0.927. The van der Waals surface area contributed by atoms with Crippen molar-refractivity contribution in [3.63, 3.8) is 0 Å². The summed E-state index contributed by atoms with van der Waals surface area (Å²) in [6, 6.07) is 3.13. The topological polar surface area (TPSA) is 50.2 Å². The maximum atomic E-state index is 14.3. The Morgan fingerprint density at radius 1 is 1.52 bits per heavy atom. The predicted octanol–water partition coefficient (Wildman–Crippen LogP) is 1.35. The van der Waals surface area contributed by atoms with Crippen LogP contribution in [-0.4, -0.2) is 35.7 Å². The number of hydrogen-bond donors (Lipinski definition) is 1. The zero-order valence-corrected chi connectivity index (χ0v) is 12.3. The molecule has 0 radical (unpaired) electrons. The van der Waals surface area contributed by atoms with Gasteiger partial charge in [-0.2, -0.15) is 0 Å². The van der Waals surface area contributed by atoms with Crippen LogP contribution in [0.15, 0.2) is 23.1 Å². The van der Waals surface area contributed by atoms with E-state index < -0.39 is 5.82 Å². The summed E-state index contributed by atoms with van der Waals surface area (Å²) >= 11 is 0. The summed E-state index contributed by atoms with van der Waals surface area (Å²) in [5.74, 6) is -0.0849. The highest BCUT2D eigenvalue weighted by atomic mass is 19.1. The molecule has 0 amide bonds. The number of nitrogens with one attached hydrogen (secondary N) is 1. The van der Waals surface area contributed by atoms with Crippen LogP contribution in [0.1, 0.15) is 13.3 Å². The van der Waals surface area contributed by atoms with E-state index in [-0.39, 0.29) is 5.43 Å². The Hall–Kier alpha value is -1.95. The van der Waals surface area contributed by atoms with Crippen molar-refractivity contribution in [1.29, 1.82) is 0 Å². The molecule has 112 valence electrons. The maximum absolute atomic E-state index is 14.3. The van der Waals surface area contributed by atoms with Crippen molar-refractivity contribution >= 4 is 16.9 Å². The molecule has 2 aromatic heterocycles. The molecule has 1 aliphatic heterocycles. The number of likely N-dealkylation sites (N-methyl/N-ethyl adjacent to an activating group) is 1. The van der Waals surface area contributed by atoms with Gasteiger partial charge >= 0.3 is 0 Å². The molecule has 0 spiro atoms. The van der Waals surface area contributed by atoms with Gasteiger partial charge < -0.3 is 14.8 Å². The van der Waals surface area contributed by atoms with E-state index >= 15 is 0 Å². The first-order valence-corrected chi connectivity index (χ1v) is 7.26. The van der Waals surface area contributed by atoms with Crippen LogP contribution in [0.25, 0.3) is 11.0 Å². The van der Waals surface area contributed by atoms with Gasteiger partial charge in [0, 0.05) is 37.9 Å². The van der Waals surface area contributed by atoms with Gasteiger partial charge in [0.15, 0.2) is 17.1 Å². The lowest BCUT2D eigenvalue weighted by Crippen LogP contribution is -2.30. The minimum atomic E-state index is -0.426. The summed E-state index contributed by atoms with van der Waals surface area (Å²) in [5, 5.41) is 3.54. The molecule has 1 aliphatic rings. The SMILES string of the molecule is CCn1ccc(=O)c2cc(F)c(N3CCC(NC)C3)nc21. The lowest BCUT2D eigenvalue weighted by molar-refractivity contribution is 0.605. The smallest absolute Gasteiger partial charge is 0.191 e. The Kier molecular flexibility index (Phi) is 3.63. The third kappa shape index (κ3) is 2.40. The summed E-state index contributed by atoms with van der Waals surface area (Å²) in [6.07, 6.45) is 2.67. The van der Waals surface area contributed by atoms with Crippen LogP contribution in [0.4, 0.5) is 10.2 Å². The summed E-state index contributed by atoms with van der Waals surface area (Å²) in [6.45, 7) is 4.16. The zero-order valence-electron chi connectivity index (χ0n) is 12.3. The number of anilines is 1. The summed E-state index contributed by atoms with van der Waals surface area (Å²) in [4.78, 5) is 18.3. The lowest BCUT2D eigenvalue weighted by Gasteiger charge is -2.19. The molecule has 0 bridgehead atoms. The molecule has 1 fully saturated rings. The molecular weight excluding hydrogens is 271 g/mol. The number of aryl methyl sites for hydroxylation is 1. The molecule has 1 N–H and O–H groups in total. The van der Waals surface area contributed by atoms with E-state index in [0.29, 0.717) is 29.4 Å². The van der Waals surface area contributed by atoms with Crippen LogP contribution in [0.3, 0.4) is 0 Å². The van der Waals surface area contributed by atoms with Crippen LogP contribution in [0.5, 0.6) is 0 Å². The van der Waals surface area contributed by atoms with Crippen molar-refractivity contribution in [3.8, 4) is 0 Å². The van der Waals surface area contributed by atoms with Gasteiger partial charge in [-0.25, -0.2) is 9.37 Å². The van der Waals surface area contributed by atoms with Crippen LogP contribution >= 0.6 is 0 Å². The lowest BCUT2D eigenvalue weighted by atomic mass is 10.2. The van der Waals surface area contributed by atoms with Crippen molar-refractivity contribution in [3.05, 3.63) is 34.4 Å². The van der Waals surface area contributed by atoms with Gasteiger partial charge in [0.05, 0.1) is 5.39 Å². The number of fused-ring (bicyclic) bond motifs is 1. The second-order valence-electron chi connectivity index (χ2n) is 5.35. The van der Waals surface area contributed by atoms with Crippen molar-refractivity contribution < 1.29 is 4.39 Å². The van der Waals surface area contributed by atoms with Crippen LogP contribution < -0.4 is 15.6 Å². The Bertz CT molecular complexity index is 727. The average Bonchev–Trinajstić information content (AvgIpc) is 2.96. The highest BCUT2D eigenvalue weighted by Crippen LogP contribution is 2.24. The number of pyridine rings is 2. The fourth-order valence-corrected chi connectivity index (χ4v) is 2.85. The molecule has 2 aromatic rings. The minimum Gasteiger partial charge on any atom is -0.352 e. The van der Waals surface area contributed by atoms with E-state index in [2.05, 4.69) is 10.3 Å². The predicted molar refractivity (Wildman–Crippen MR) is 81.3 cm³/mol. The molecule has 6 heteroatoms. The van der Waals surface area contributed by atoms with Crippen LogP contribution in [0, 0.1) is 5.82 Å². The van der Waals surface area contributed by atoms with Crippen LogP contribution in [-0.2, 0) is 6.54 Å². The monoisotopic (exact) mass is 290 g/mol. The molecule has 21 heavy (non-hydrogen) atoms. The van der Waals surface area contributed by atoms with E-state index in [1.54, 1.807) is 6.20 Å². The van der Waals surface area contributed by atoms with Gasteiger partial charge in [0.2, 0.25) is 0 Å². The van der Waals surface area contributed by atoms with Gasteiger partial charge in [0.25, 0.3) is 0 Å².